The lowest BCUT2D eigenvalue weighted by atomic mass is 10.2. The Labute approximate surface area is 91.3 Å². The fourth-order valence-electron chi connectivity index (χ4n) is 1.51. The van der Waals surface area contributed by atoms with E-state index in [-0.39, 0.29) is 6.61 Å². The third kappa shape index (κ3) is 4.95. The van der Waals surface area contributed by atoms with Gasteiger partial charge in [-0.3, -0.25) is 4.68 Å². The van der Waals surface area contributed by atoms with Crippen LogP contribution >= 0.6 is 0 Å². The van der Waals surface area contributed by atoms with Crippen LogP contribution in [0.25, 0.3) is 0 Å². The van der Waals surface area contributed by atoms with Crippen molar-refractivity contribution in [2.75, 3.05) is 13.2 Å². The lowest BCUT2D eigenvalue weighted by Gasteiger charge is -2.12. The van der Waals surface area contributed by atoms with Crippen molar-refractivity contribution in [3.63, 3.8) is 0 Å². The number of nitrogens with zero attached hydrogens (tertiary/aromatic N) is 2. The van der Waals surface area contributed by atoms with E-state index in [0.717, 1.165) is 25.9 Å². The fourth-order valence-corrected chi connectivity index (χ4v) is 1.51. The van der Waals surface area contributed by atoms with Crippen molar-refractivity contribution in [1.29, 1.82) is 0 Å². The van der Waals surface area contributed by atoms with Gasteiger partial charge >= 0.3 is 0 Å². The first-order valence-corrected chi connectivity index (χ1v) is 5.55. The molecule has 1 atom stereocenters. The molecule has 1 heterocycles. The van der Waals surface area contributed by atoms with E-state index in [1.165, 1.54) is 5.56 Å². The van der Waals surface area contributed by atoms with Crippen LogP contribution in [0.4, 0.5) is 0 Å². The topological polar surface area (TPSA) is 50.1 Å². The van der Waals surface area contributed by atoms with E-state index in [0.29, 0.717) is 6.04 Å². The molecular formula is C11H21N3O. The summed E-state index contributed by atoms with van der Waals surface area (Å²) in [6.45, 7) is 6.29. The second-order valence-electron chi connectivity index (χ2n) is 4.00. The predicted octanol–water partition coefficient (Wildman–Crippen LogP) is 0.942. The number of aliphatic hydroxyl groups excluding tert-OH is 1. The Morgan fingerprint density at radius 1 is 1.60 bits per heavy atom. The molecule has 15 heavy (non-hydrogen) atoms. The molecule has 1 aromatic rings. The first-order chi connectivity index (χ1) is 7.22. The molecule has 1 unspecified atom stereocenters. The molecule has 0 spiro atoms. The lowest BCUT2D eigenvalue weighted by molar-refractivity contribution is 0.276. The summed E-state index contributed by atoms with van der Waals surface area (Å²) in [6, 6.07) is 0.466. The maximum Gasteiger partial charge on any atom is 0.0534 e. The Balaban J connectivity index is 2.10. The van der Waals surface area contributed by atoms with Crippen LogP contribution in [0.3, 0.4) is 0 Å². The molecule has 0 saturated heterocycles. The van der Waals surface area contributed by atoms with Crippen LogP contribution in [-0.2, 0) is 6.54 Å². The van der Waals surface area contributed by atoms with Crippen molar-refractivity contribution in [2.45, 2.75) is 39.3 Å². The highest BCUT2D eigenvalue weighted by Crippen LogP contribution is 1.96. The first kappa shape index (κ1) is 12.2. The van der Waals surface area contributed by atoms with Crippen LogP contribution in [0.1, 0.15) is 25.3 Å². The van der Waals surface area contributed by atoms with E-state index in [2.05, 4.69) is 17.3 Å². The van der Waals surface area contributed by atoms with Gasteiger partial charge in [-0.1, -0.05) is 0 Å². The third-order valence-corrected chi connectivity index (χ3v) is 2.39. The monoisotopic (exact) mass is 211 g/mol. The molecule has 0 fully saturated rings. The lowest BCUT2D eigenvalue weighted by Crippen LogP contribution is -2.29. The van der Waals surface area contributed by atoms with Gasteiger partial charge in [0.25, 0.3) is 0 Å². The van der Waals surface area contributed by atoms with Gasteiger partial charge in [-0.25, -0.2) is 0 Å². The summed E-state index contributed by atoms with van der Waals surface area (Å²) in [6.07, 6.45) is 5.80. The van der Waals surface area contributed by atoms with E-state index in [1.54, 1.807) is 0 Å². The molecule has 0 aliphatic heterocycles. The molecule has 0 aromatic carbocycles. The Morgan fingerprint density at radius 2 is 2.40 bits per heavy atom. The Kier molecular flexibility index (Phi) is 5.36. The highest BCUT2D eigenvalue weighted by molar-refractivity contribution is 4.99. The van der Waals surface area contributed by atoms with Gasteiger partial charge in [-0.05, 0) is 32.3 Å². The van der Waals surface area contributed by atoms with E-state index in [9.17, 15) is 0 Å². The summed E-state index contributed by atoms with van der Waals surface area (Å²) < 4.78 is 1.95. The maximum absolute atomic E-state index is 8.68. The average molecular weight is 211 g/mol. The van der Waals surface area contributed by atoms with Crippen LogP contribution in [0.2, 0.25) is 0 Å². The number of hydrogen-bond donors (Lipinski definition) is 2. The van der Waals surface area contributed by atoms with Gasteiger partial charge in [0.05, 0.1) is 12.7 Å². The molecule has 0 saturated carbocycles. The zero-order chi connectivity index (χ0) is 11.1. The van der Waals surface area contributed by atoms with Gasteiger partial charge in [0, 0.05) is 25.4 Å². The Morgan fingerprint density at radius 3 is 3.00 bits per heavy atom. The zero-order valence-electron chi connectivity index (χ0n) is 9.61. The van der Waals surface area contributed by atoms with Crippen LogP contribution < -0.4 is 5.32 Å². The van der Waals surface area contributed by atoms with E-state index in [4.69, 9.17) is 5.11 Å². The molecule has 0 radical (unpaired) electrons. The van der Waals surface area contributed by atoms with Crippen molar-refractivity contribution in [2.24, 2.45) is 0 Å². The Bertz CT molecular complexity index is 273. The van der Waals surface area contributed by atoms with Crippen LogP contribution in [0, 0.1) is 6.92 Å². The molecule has 4 heteroatoms. The van der Waals surface area contributed by atoms with E-state index in [1.807, 2.05) is 24.0 Å². The molecule has 1 aromatic heterocycles. The van der Waals surface area contributed by atoms with Crippen LogP contribution in [0.5, 0.6) is 0 Å². The van der Waals surface area contributed by atoms with Gasteiger partial charge in [0.2, 0.25) is 0 Å². The highest BCUT2D eigenvalue weighted by Gasteiger charge is 2.00. The van der Waals surface area contributed by atoms with Gasteiger partial charge in [0.15, 0.2) is 0 Å². The second-order valence-corrected chi connectivity index (χ2v) is 4.00. The molecule has 0 aliphatic carbocycles. The largest absolute Gasteiger partial charge is 0.396 e. The minimum Gasteiger partial charge on any atom is -0.396 e. The molecular weight excluding hydrogens is 190 g/mol. The normalized spacial score (nSPS) is 13.0. The van der Waals surface area contributed by atoms with Crippen molar-refractivity contribution in [1.82, 2.24) is 15.1 Å². The highest BCUT2D eigenvalue weighted by atomic mass is 16.2. The summed E-state index contributed by atoms with van der Waals surface area (Å²) in [5.41, 5.74) is 1.20. The van der Waals surface area contributed by atoms with Crippen molar-refractivity contribution in [3.05, 3.63) is 18.0 Å². The van der Waals surface area contributed by atoms with Crippen molar-refractivity contribution < 1.29 is 5.11 Å². The minimum absolute atomic E-state index is 0.282. The summed E-state index contributed by atoms with van der Waals surface area (Å²) in [5.74, 6) is 0. The second kappa shape index (κ2) is 6.58. The van der Waals surface area contributed by atoms with Crippen LogP contribution in [0.15, 0.2) is 12.4 Å². The van der Waals surface area contributed by atoms with E-state index < -0.39 is 0 Å². The summed E-state index contributed by atoms with van der Waals surface area (Å²) in [7, 11) is 0. The van der Waals surface area contributed by atoms with Gasteiger partial charge < -0.3 is 10.4 Å². The quantitative estimate of drug-likeness (QED) is 0.706. The summed E-state index contributed by atoms with van der Waals surface area (Å²) in [5, 5.41) is 16.3. The first-order valence-electron chi connectivity index (χ1n) is 5.55. The number of hydrogen-bond acceptors (Lipinski definition) is 3. The molecule has 86 valence electrons. The SMILES string of the molecule is Cc1cnn(CCNC(C)CCCO)c1. The maximum atomic E-state index is 8.68. The predicted molar refractivity (Wildman–Crippen MR) is 60.7 cm³/mol. The van der Waals surface area contributed by atoms with Crippen molar-refractivity contribution in [3.8, 4) is 0 Å². The smallest absolute Gasteiger partial charge is 0.0534 e. The third-order valence-electron chi connectivity index (χ3n) is 2.39. The molecule has 2 N–H and O–H groups in total. The Hall–Kier alpha value is -0.870. The number of aliphatic hydroxyl groups is 1. The number of nitrogens with one attached hydrogen (secondary N) is 1. The van der Waals surface area contributed by atoms with Gasteiger partial charge in [-0.2, -0.15) is 5.10 Å². The van der Waals surface area contributed by atoms with Crippen molar-refractivity contribution >= 4 is 0 Å². The molecule has 0 aliphatic rings. The number of aromatic nitrogens is 2. The van der Waals surface area contributed by atoms with Gasteiger partial charge in [0.1, 0.15) is 0 Å². The molecule has 4 nitrogen and oxygen atoms in total. The zero-order valence-corrected chi connectivity index (χ0v) is 9.61. The summed E-state index contributed by atoms with van der Waals surface area (Å²) in [4.78, 5) is 0. The van der Waals surface area contributed by atoms with E-state index >= 15 is 0 Å². The molecule has 0 amide bonds. The molecule has 1 rings (SSSR count). The van der Waals surface area contributed by atoms with Crippen LogP contribution in [-0.4, -0.2) is 34.1 Å². The average Bonchev–Trinajstić information content (AvgIpc) is 2.61. The number of aryl methyl sites for hydroxylation is 1. The fraction of sp³-hybridized carbons (Fsp3) is 0.727. The summed E-state index contributed by atoms with van der Waals surface area (Å²) >= 11 is 0. The molecule has 0 bridgehead atoms. The standard InChI is InChI=1S/C11H21N3O/c1-10-8-13-14(9-10)6-5-12-11(2)4-3-7-15/h8-9,11-12,15H,3-7H2,1-2H3. The number of rotatable bonds is 7. The minimum atomic E-state index is 0.282. The van der Waals surface area contributed by atoms with Gasteiger partial charge in [-0.15, -0.1) is 0 Å².